The van der Waals surface area contributed by atoms with Crippen LogP contribution in [-0.2, 0) is 0 Å². The van der Waals surface area contributed by atoms with Crippen LogP contribution < -0.4 is 5.73 Å². The van der Waals surface area contributed by atoms with E-state index >= 15 is 0 Å². The van der Waals surface area contributed by atoms with Crippen LogP contribution in [0.25, 0.3) is 0 Å². The maximum Gasteiger partial charge on any atom is 0.0481 e. The van der Waals surface area contributed by atoms with E-state index in [4.69, 9.17) is 5.73 Å². The average Bonchev–Trinajstić information content (AvgIpc) is 2.87. The van der Waals surface area contributed by atoms with Crippen LogP contribution in [0.4, 0.5) is 0 Å². The molecule has 0 aliphatic carbocycles. The minimum atomic E-state index is 0.391. The van der Waals surface area contributed by atoms with Crippen LogP contribution in [0.1, 0.15) is 51.6 Å². The summed E-state index contributed by atoms with van der Waals surface area (Å²) in [6.45, 7) is 8.68. The predicted octanol–water partition coefficient (Wildman–Crippen LogP) is 3.65. The Balaban J connectivity index is 2.78. The fraction of sp³-hybridized carbons (Fsp3) is 0.714. The lowest BCUT2D eigenvalue weighted by atomic mass is 10.0. The zero-order valence-electron chi connectivity index (χ0n) is 11.4. The SMILES string of the molecule is CCCCN(C(C)CC)C(CN)c1ccsc1. The summed E-state index contributed by atoms with van der Waals surface area (Å²) >= 11 is 1.76. The van der Waals surface area contributed by atoms with Gasteiger partial charge in [0.05, 0.1) is 0 Å². The Kier molecular flexibility index (Phi) is 6.78. The summed E-state index contributed by atoms with van der Waals surface area (Å²) < 4.78 is 0. The first-order chi connectivity index (χ1) is 8.24. The first-order valence-corrected chi connectivity index (χ1v) is 7.66. The highest BCUT2D eigenvalue weighted by Crippen LogP contribution is 2.25. The topological polar surface area (TPSA) is 29.3 Å². The number of hydrogen-bond donors (Lipinski definition) is 1. The van der Waals surface area contributed by atoms with E-state index in [1.165, 1.54) is 24.8 Å². The largest absolute Gasteiger partial charge is 0.329 e. The van der Waals surface area contributed by atoms with Crippen LogP contribution in [-0.4, -0.2) is 24.0 Å². The van der Waals surface area contributed by atoms with Gasteiger partial charge in [0.1, 0.15) is 0 Å². The van der Waals surface area contributed by atoms with Gasteiger partial charge in [0.25, 0.3) is 0 Å². The third-order valence-electron chi connectivity index (χ3n) is 3.48. The second kappa shape index (κ2) is 7.85. The molecule has 0 radical (unpaired) electrons. The third kappa shape index (κ3) is 4.09. The van der Waals surface area contributed by atoms with Crippen molar-refractivity contribution in [1.29, 1.82) is 0 Å². The molecule has 0 fully saturated rings. The molecule has 1 aromatic heterocycles. The van der Waals surface area contributed by atoms with Crippen molar-refractivity contribution in [2.24, 2.45) is 5.73 Å². The molecule has 2 atom stereocenters. The van der Waals surface area contributed by atoms with Gasteiger partial charge in [-0.05, 0) is 48.7 Å². The number of unbranched alkanes of at least 4 members (excludes halogenated alkanes) is 1. The van der Waals surface area contributed by atoms with Gasteiger partial charge in [0, 0.05) is 18.6 Å². The van der Waals surface area contributed by atoms with Crippen molar-refractivity contribution < 1.29 is 0 Å². The molecule has 0 aromatic carbocycles. The van der Waals surface area contributed by atoms with Crippen LogP contribution in [0.5, 0.6) is 0 Å². The van der Waals surface area contributed by atoms with Crippen molar-refractivity contribution in [3.63, 3.8) is 0 Å². The van der Waals surface area contributed by atoms with E-state index in [1.54, 1.807) is 11.3 Å². The zero-order valence-corrected chi connectivity index (χ0v) is 12.2. The lowest BCUT2D eigenvalue weighted by Gasteiger charge is -2.35. The molecule has 0 saturated carbocycles. The molecule has 3 heteroatoms. The van der Waals surface area contributed by atoms with E-state index in [2.05, 4.69) is 42.5 Å². The fourth-order valence-electron chi connectivity index (χ4n) is 2.19. The number of nitrogens with zero attached hydrogens (tertiary/aromatic N) is 1. The minimum absolute atomic E-state index is 0.391. The first-order valence-electron chi connectivity index (χ1n) is 6.72. The summed E-state index contributed by atoms with van der Waals surface area (Å²) in [7, 11) is 0. The molecule has 0 aliphatic rings. The molecule has 2 N–H and O–H groups in total. The lowest BCUT2D eigenvalue weighted by molar-refractivity contribution is 0.141. The molecule has 0 saturated heterocycles. The number of nitrogens with two attached hydrogens (primary N) is 1. The summed E-state index contributed by atoms with van der Waals surface area (Å²) in [5.41, 5.74) is 7.38. The standard InChI is InChI=1S/C14H26N2S/c1-4-6-8-16(12(3)5-2)14(10-15)13-7-9-17-11-13/h7,9,11-12,14H,4-6,8,10,15H2,1-3H3. The van der Waals surface area contributed by atoms with Gasteiger partial charge in [-0.15, -0.1) is 0 Å². The molecule has 17 heavy (non-hydrogen) atoms. The quantitative estimate of drug-likeness (QED) is 0.767. The Labute approximate surface area is 110 Å². The summed E-state index contributed by atoms with van der Waals surface area (Å²) in [4.78, 5) is 2.57. The molecule has 0 bridgehead atoms. The molecule has 1 rings (SSSR count). The Bertz CT molecular complexity index is 284. The van der Waals surface area contributed by atoms with Gasteiger partial charge in [-0.3, -0.25) is 4.90 Å². The van der Waals surface area contributed by atoms with Gasteiger partial charge in [-0.2, -0.15) is 11.3 Å². The normalized spacial score (nSPS) is 15.1. The minimum Gasteiger partial charge on any atom is -0.329 e. The van der Waals surface area contributed by atoms with Crippen molar-refractivity contribution >= 4 is 11.3 Å². The maximum atomic E-state index is 5.99. The number of rotatable bonds is 8. The molecular weight excluding hydrogens is 228 g/mol. The summed E-state index contributed by atoms with van der Waals surface area (Å²) in [6.07, 6.45) is 3.68. The van der Waals surface area contributed by atoms with E-state index in [9.17, 15) is 0 Å². The highest BCUT2D eigenvalue weighted by molar-refractivity contribution is 7.07. The summed E-state index contributed by atoms with van der Waals surface area (Å²) in [5, 5.41) is 4.38. The van der Waals surface area contributed by atoms with Gasteiger partial charge in [-0.1, -0.05) is 20.3 Å². The zero-order chi connectivity index (χ0) is 12.7. The molecule has 98 valence electrons. The Morgan fingerprint density at radius 1 is 1.41 bits per heavy atom. The van der Waals surface area contributed by atoms with E-state index in [-0.39, 0.29) is 0 Å². The van der Waals surface area contributed by atoms with E-state index < -0.39 is 0 Å². The van der Waals surface area contributed by atoms with Gasteiger partial charge in [0.15, 0.2) is 0 Å². The van der Waals surface area contributed by atoms with Crippen LogP contribution >= 0.6 is 11.3 Å². The molecule has 0 aliphatic heterocycles. The molecule has 1 aromatic rings. The van der Waals surface area contributed by atoms with Gasteiger partial charge in [0.2, 0.25) is 0 Å². The van der Waals surface area contributed by atoms with E-state index in [0.717, 1.165) is 6.54 Å². The van der Waals surface area contributed by atoms with Crippen molar-refractivity contribution in [2.45, 2.75) is 52.1 Å². The van der Waals surface area contributed by atoms with Crippen LogP contribution in [0.15, 0.2) is 16.8 Å². The lowest BCUT2D eigenvalue weighted by Crippen LogP contribution is -2.40. The highest BCUT2D eigenvalue weighted by Gasteiger charge is 2.22. The van der Waals surface area contributed by atoms with Gasteiger partial charge in [-0.25, -0.2) is 0 Å². The van der Waals surface area contributed by atoms with Crippen molar-refractivity contribution in [3.8, 4) is 0 Å². The Hall–Kier alpha value is -0.380. The second-order valence-corrected chi connectivity index (χ2v) is 5.44. The number of hydrogen-bond acceptors (Lipinski definition) is 3. The summed E-state index contributed by atoms with van der Waals surface area (Å²) in [6, 6.07) is 3.21. The first kappa shape index (κ1) is 14.7. The predicted molar refractivity (Wildman–Crippen MR) is 77.5 cm³/mol. The molecule has 2 nitrogen and oxygen atoms in total. The molecular formula is C14H26N2S. The summed E-state index contributed by atoms with van der Waals surface area (Å²) in [5.74, 6) is 0. The van der Waals surface area contributed by atoms with Crippen molar-refractivity contribution in [2.75, 3.05) is 13.1 Å². The molecule has 2 unspecified atom stereocenters. The molecule has 1 heterocycles. The fourth-order valence-corrected chi connectivity index (χ4v) is 2.89. The maximum absolute atomic E-state index is 5.99. The monoisotopic (exact) mass is 254 g/mol. The van der Waals surface area contributed by atoms with Crippen molar-refractivity contribution in [1.82, 2.24) is 4.90 Å². The highest BCUT2D eigenvalue weighted by atomic mass is 32.1. The Morgan fingerprint density at radius 2 is 2.18 bits per heavy atom. The van der Waals surface area contributed by atoms with Crippen LogP contribution in [0.2, 0.25) is 0 Å². The van der Waals surface area contributed by atoms with Gasteiger partial charge >= 0.3 is 0 Å². The van der Waals surface area contributed by atoms with Crippen LogP contribution in [0.3, 0.4) is 0 Å². The van der Waals surface area contributed by atoms with Crippen LogP contribution in [0, 0.1) is 0 Å². The third-order valence-corrected chi connectivity index (χ3v) is 4.18. The second-order valence-electron chi connectivity index (χ2n) is 4.66. The smallest absolute Gasteiger partial charge is 0.0481 e. The Morgan fingerprint density at radius 3 is 2.65 bits per heavy atom. The van der Waals surface area contributed by atoms with Crippen molar-refractivity contribution in [3.05, 3.63) is 22.4 Å². The van der Waals surface area contributed by atoms with E-state index in [0.29, 0.717) is 18.6 Å². The number of thiophene rings is 1. The molecule has 0 amide bonds. The van der Waals surface area contributed by atoms with E-state index in [1.807, 2.05) is 0 Å². The van der Waals surface area contributed by atoms with Gasteiger partial charge < -0.3 is 5.73 Å². The molecule has 0 spiro atoms. The average molecular weight is 254 g/mol.